The van der Waals surface area contributed by atoms with E-state index in [9.17, 15) is 18.4 Å². The Kier molecular flexibility index (Phi) is 8.43. The molecule has 210 valence electrons. The number of amides is 1. The molecule has 5 rings (SSSR count). The van der Waals surface area contributed by atoms with E-state index in [0.29, 0.717) is 25.9 Å². The van der Waals surface area contributed by atoms with Gasteiger partial charge in [0.1, 0.15) is 17.4 Å². The number of halogens is 2. The minimum Gasteiger partial charge on any atom is -0.355 e. The molecule has 7 heteroatoms. The zero-order chi connectivity index (χ0) is 28.2. The molecule has 3 aromatic carbocycles. The normalized spacial score (nSPS) is 22.0. The average molecular weight is 546 g/mol. The van der Waals surface area contributed by atoms with E-state index in [-0.39, 0.29) is 34.8 Å². The van der Waals surface area contributed by atoms with Crippen molar-refractivity contribution >= 4 is 11.7 Å². The lowest BCUT2D eigenvalue weighted by Crippen LogP contribution is -2.52. The third-order valence-electron chi connectivity index (χ3n) is 8.67. The Bertz CT molecular complexity index is 1310. The van der Waals surface area contributed by atoms with Crippen LogP contribution in [0.1, 0.15) is 42.9 Å². The van der Waals surface area contributed by atoms with Gasteiger partial charge in [-0.2, -0.15) is 0 Å². The molecule has 5 nitrogen and oxygen atoms in total. The number of hydrogen-bond donors (Lipinski definition) is 2. The van der Waals surface area contributed by atoms with E-state index in [4.69, 9.17) is 0 Å². The van der Waals surface area contributed by atoms with E-state index in [0.717, 1.165) is 43.6 Å². The monoisotopic (exact) mass is 545 g/mol. The van der Waals surface area contributed by atoms with Crippen molar-refractivity contribution in [2.45, 2.75) is 43.6 Å². The van der Waals surface area contributed by atoms with Crippen molar-refractivity contribution in [2.75, 3.05) is 32.7 Å². The highest BCUT2D eigenvalue weighted by Gasteiger charge is 2.61. The van der Waals surface area contributed by atoms with E-state index >= 15 is 0 Å². The van der Waals surface area contributed by atoms with Gasteiger partial charge in [-0.05, 0) is 79.5 Å². The minimum atomic E-state index is -0.683. The quantitative estimate of drug-likeness (QED) is 0.365. The van der Waals surface area contributed by atoms with Gasteiger partial charge in [-0.1, -0.05) is 54.6 Å². The first-order valence-corrected chi connectivity index (χ1v) is 14.1. The van der Waals surface area contributed by atoms with E-state index in [1.165, 1.54) is 29.8 Å². The Morgan fingerprint density at radius 3 is 2.12 bits per heavy atom. The largest absolute Gasteiger partial charge is 0.355 e. The molecule has 1 saturated heterocycles. The molecule has 0 spiro atoms. The number of nitrogens with zero attached hydrogens (tertiary/aromatic N) is 1. The van der Waals surface area contributed by atoms with Gasteiger partial charge in [0.2, 0.25) is 5.91 Å². The van der Waals surface area contributed by atoms with Crippen molar-refractivity contribution < 1.29 is 18.4 Å². The summed E-state index contributed by atoms with van der Waals surface area (Å²) in [5.41, 5.74) is 2.06. The van der Waals surface area contributed by atoms with Crippen LogP contribution < -0.4 is 10.6 Å². The number of rotatable bonds is 11. The number of ketones is 1. The summed E-state index contributed by atoms with van der Waals surface area (Å²) in [6, 6.07) is 23.0. The second-order valence-electron chi connectivity index (χ2n) is 11.3. The van der Waals surface area contributed by atoms with Crippen molar-refractivity contribution in [2.24, 2.45) is 5.92 Å². The van der Waals surface area contributed by atoms with Crippen molar-refractivity contribution in [1.82, 2.24) is 15.5 Å². The number of piperidine rings is 1. The van der Waals surface area contributed by atoms with E-state index < -0.39 is 5.41 Å². The maximum atomic E-state index is 13.7. The molecule has 1 amide bonds. The van der Waals surface area contributed by atoms with Gasteiger partial charge in [0, 0.05) is 31.7 Å². The van der Waals surface area contributed by atoms with Gasteiger partial charge in [0.15, 0.2) is 0 Å². The number of carbonyl (C=O) groups excluding carboxylic acids is 2. The van der Waals surface area contributed by atoms with Gasteiger partial charge in [-0.25, -0.2) is 8.78 Å². The number of benzene rings is 3. The molecule has 2 aliphatic rings. The van der Waals surface area contributed by atoms with Gasteiger partial charge >= 0.3 is 0 Å². The predicted molar refractivity (Wildman–Crippen MR) is 152 cm³/mol. The summed E-state index contributed by atoms with van der Waals surface area (Å²) >= 11 is 0. The molecule has 2 N–H and O–H groups in total. The fourth-order valence-corrected chi connectivity index (χ4v) is 6.24. The smallest absolute Gasteiger partial charge is 0.231 e. The zero-order valence-electron chi connectivity index (χ0n) is 23.0. The maximum Gasteiger partial charge on any atom is 0.231 e. The van der Waals surface area contributed by atoms with Crippen LogP contribution in [0, 0.1) is 17.6 Å². The Hall–Kier alpha value is -3.42. The van der Waals surface area contributed by atoms with Crippen LogP contribution >= 0.6 is 0 Å². The molecule has 2 fully saturated rings. The molecule has 0 unspecified atom stereocenters. The summed E-state index contributed by atoms with van der Waals surface area (Å²) in [7, 11) is 0. The second kappa shape index (κ2) is 12.0. The lowest BCUT2D eigenvalue weighted by molar-refractivity contribution is -0.124. The third kappa shape index (κ3) is 6.16. The van der Waals surface area contributed by atoms with E-state index in [1.54, 1.807) is 31.2 Å². The van der Waals surface area contributed by atoms with Crippen molar-refractivity contribution in [1.29, 1.82) is 0 Å². The predicted octanol–water partition coefficient (Wildman–Crippen LogP) is 4.75. The summed E-state index contributed by atoms with van der Waals surface area (Å²) < 4.78 is 27.0. The van der Waals surface area contributed by atoms with Crippen LogP contribution in [0.25, 0.3) is 0 Å². The lowest BCUT2D eigenvalue weighted by atomic mass is 9.80. The van der Waals surface area contributed by atoms with Crippen LogP contribution in [0.5, 0.6) is 0 Å². The van der Waals surface area contributed by atoms with Crippen LogP contribution in [-0.4, -0.2) is 49.3 Å². The van der Waals surface area contributed by atoms with Crippen LogP contribution in [0.15, 0.2) is 78.9 Å². The summed E-state index contributed by atoms with van der Waals surface area (Å²) in [6.45, 7) is 4.87. The molecule has 40 heavy (non-hydrogen) atoms. The van der Waals surface area contributed by atoms with Crippen LogP contribution in [0.3, 0.4) is 0 Å². The maximum absolute atomic E-state index is 13.7. The molecule has 1 aliphatic carbocycles. The molecular weight excluding hydrogens is 508 g/mol. The highest BCUT2D eigenvalue weighted by atomic mass is 19.1. The topological polar surface area (TPSA) is 61.4 Å². The number of hydrogen-bond acceptors (Lipinski definition) is 4. The summed E-state index contributed by atoms with van der Waals surface area (Å²) in [6.07, 6.45) is 3.05. The molecule has 1 saturated carbocycles. The highest BCUT2D eigenvalue weighted by Crippen LogP contribution is 2.55. The average Bonchev–Trinajstić information content (AvgIpc) is 3.69. The summed E-state index contributed by atoms with van der Waals surface area (Å²) in [5, 5.41) is 6.65. The molecule has 1 heterocycles. The fourth-order valence-electron chi connectivity index (χ4n) is 6.24. The Morgan fingerprint density at radius 1 is 0.875 bits per heavy atom. The fraction of sp³-hybridized carbons (Fsp3) is 0.394. The first-order valence-electron chi connectivity index (χ1n) is 14.1. The zero-order valence-corrected chi connectivity index (χ0v) is 23.0. The van der Waals surface area contributed by atoms with Crippen molar-refractivity contribution in [3.63, 3.8) is 0 Å². The molecule has 0 radical (unpaired) electrons. The number of nitrogens with one attached hydrogen (secondary N) is 2. The van der Waals surface area contributed by atoms with Gasteiger partial charge < -0.3 is 15.5 Å². The molecule has 0 aromatic heterocycles. The van der Waals surface area contributed by atoms with Crippen molar-refractivity contribution in [3.8, 4) is 0 Å². The summed E-state index contributed by atoms with van der Waals surface area (Å²) in [4.78, 5) is 27.8. The first-order chi connectivity index (χ1) is 19.3. The van der Waals surface area contributed by atoms with E-state index in [1.807, 2.05) is 18.2 Å². The van der Waals surface area contributed by atoms with E-state index in [2.05, 4.69) is 27.7 Å². The first kappa shape index (κ1) is 28.1. The SMILES string of the molecule is CC(=O)CNC1(c2ccccc2)CCN(C[C@@H]2C[C@@]2(C(=O)NCCc2ccc(F)cc2)c2ccc(F)cc2)CC1. The lowest BCUT2D eigenvalue weighted by Gasteiger charge is -2.43. The Labute approximate surface area is 235 Å². The molecule has 0 bridgehead atoms. The Morgan fingerprint density at radius 2 is 1.50 bits per heavy atom. The second-order valence-corrected chi connectivity index (χ2v) is 11.3. The number of likely N-dealkylation sites (tertiary alicyclic amines) is 1. The molecule has 2 atom stereocenters. The van der Waals surface area contributed by atoms with Crippen molar-refractivity contribution in [3.05, 3.63) is 107 Å². The molecule has 3 aromatic rings. The van der Waals surface area contributed by atoms with Gasteiger partial charge in [0.05, 0.1) is 12.0 Å². The van der Waals surface area contributed by atoms with Gasteiger partial charge in [0.25, 0.3) is 0 Å². The number of Topliss-reactive ketones (excluding diaryl/α,β-unsaturated/α-hetero) is 1. The Balaban J connectivity index is 1.25. The molecular formula is C33H37F2N3O2. The van der Waals surface area contributed by atoms with Gasteiger partial charge in [-0.3, -0.25) is 9.59 Å². The molecule has 1 aliphatic heterocycles. The van der Waals surface area contributed by atoms with Crippen LogP contribution in [0.2, 0.25) is 0 Å². The standard InChI is InChI=1S/C33H37F2N3O2/c1-24(39)22-37-32(26-5-3-2-4-6-26)16-19-38(20-17-32)23-28-21-33(28,27-9-13-30(35)14-10-27)31(40)36-18-15-25-7-11-29(34)12-8-25/h2-14,28,37H,15-23H2,1H3,(H,36,40)/t28-,33+/m0/s1. The number of carbonyl (C=O) groups is 2. The highest BCUT2D eigenvalue weighted by molar-refractivity contribution is 5.92. The van der Waals surface area contributed by atoms with Crippen LogP contribution in [0.4, 0.5) is 8.78 Å². The van der Waals surface area contributed by atoms with Gasteiger partial charge in [-0.15, -0.1) is 0 Å². The third-order valence-corrected chi connectivity index (χ3v) is 8.67. The summed E-state index contributed by atoms with van der Waals surface area (Å²) in [5.74, 6) is -0.398. The van der Waals surface area contributed by atoms with Crippen LogP contribution in [-0.2, 0) is 27.0 Å². The minimum absolute atomic E-state index is 0.0370.